The van der Waals surface area contributed by atoms with Crippen molar-refractivity contribution in [3.05, 3.63) is 36.5 Å². The molecule has 0 saturated heterocycles. The van der Waals surface area contributed by atoms with Crippen LogP contribution in [-0.4, -0.2) is 70.0 Å². The minimum absolute atomic E-state index is 0.0285. The van der Waals surface area contributed by atoms with E-state index in [-0.39, 0.29) is 32.0 Å². The predicted octanol–water partition coefficient (Wildman–Crippen LogP) is 17.0. The molecule has 10 heteroatoms. The molecule has 0 heterocycles. The highest BCUT2D eigenvalue weighted by atomic mass is 31.2. The van der Waals surface area contributed by atoms with E-state index in [0.29, 0.717) is 17.4 Å². The van der Waals surface area contributed by atoms with Gasteiger partial charge in [0.1, 0.15) is 19.8 Å². The number of esters is 2. The number of hydrogen-bond donors (Lipinski definition) is 0. The summed E-state index contributed by atoms with van der Waals surface area (Å²) in [6.45, 7) is 4.25. The van der Waals surface area contributed by atoms with Gasteiger partial charge in [-0.05, 0) is 51.4 Å². The Kier molecular flexibility index (Phi) is 48.9. The van der Waals surface area contributed by atoms with Gasteiger partial charge >= 0.3 is 11.9 Å². The first-order valence-electron chi connectivity index (χ1n) is 28.7. The molecule has 0 N–H and O–H groups in total. The molecule has 0 aromatic heterocycles. The van der Waals surface area contributed by atoms with Crippen molar-refractivity contribution in [2.24, 2.45) is 0 Å². The fourth-order valence-electron chi connectivity index (χ4n) is 8.19. The summed E-state index contributed by atoms with van der Waals surface area (Å²) in [4.78, 5) is 37.7. The summed E-state index contributed by atoms with van der Waals surface area (Å²) in [5.74, 6) is -0.821. The van der Waals surface area contributed by atoms with E-state index >= 15 is 0 Å². The van der Waals surface area contributed by atoms with Crippen molar-refractivity contribution in [3.63, 3.8) is 0 Å². The number of nitrogens with zero attached hydrogens (tertiary/aromatic N) is 1. The first kappa shape index (κ1) is 66.2. The average molecular weight is 980 g/mol. The van der Waals surface area contributed by atoms with E-state index in [2.05, 4.69) is 50.3 Å². The standard InChI is InChI=1S/C58H110NO8P/c1-6-8-10-12-14-16-18-20-21-22-23-24-25-26-27-28-29-30-31-32-33-34-35-36-37-39-41-43-45-47-49-51-58(61)67-56(55-66-68(62,63)65-53-52-59(3,4)5)54-64-57(60)50-48-46-44-42-40-38-19-17-15-13-11-9-7-2/h18,20,22-23,25-26,56H,6-17,19,21,24,27-55H2,1-5H3/b20-18-,23-22-,26-25-. The van der Waals surface area contributed by atoms with Gasteiger partial charge in [-0.1, -0.05) is 243 Å². The molecule has 0 radical (unpaired) electrons. The molecule has 0 amide bonds. The third-order valence-electron chi connectivity index (χ3n) is 12.7. The van der Waals surface area contributed by atoms with E-state index in [0.717, 1.165) is 51.4 Å². The number of phosphoric ester groups is 1. The maximum absolute atomic E-state index is 12.8. The van der Waals surface area contributed by atoms with Crippen LogP contribution in [0.25, 0.3) is 0 Å². The zero-order valence-electron chi connectivity index (χ0n) is 45.3. The molecule has 0 aliphatic carbocycles. The minimum atomic E-state index is -4.63. The first-order chi connectivity index (χ1) is 33.0. The second kappa shape index (κ2) is 50.2. The smallest absolute Gasteiger partial charge is 0.306 e. The summed E-state index contributed by atoms with van der Waals surface area (Å²) < 4.78 is 34.1. The lowest BCUT2D eigenvalue weighted by atomic mass is 10.0. The Morgan fingerprint density at radius 1 is 0.456 bits per heavy atom. The van der Waals surface area contributed by atoms with E-state index in [1.807, 2.05) is 21.1 Å². The van der Waals surface area contributed by atoms with Crippen LogP contribution in [-0.2, 0) is 32.7 Å². The van der Waals surface area contributed by atoms with Crippen molar-refractivity contribution < 1.29 is 42.1 Å². The molecule has 0 bridgehead atoms. The predicted molar refractivity (Wildman–Crippen MR) is 287 cm³/mol. The average Bonchev–Trinajstić information content (AvgIpc) is 3.30. The Labute approximate surface area is 421 Å². The maximum atomic E-state index is 12.8. The van der Waals surface area contributed by atoms with Gasteiger partial charge < -0.3 is 27.9 Å². The van der Waals surface area contributed by atoms with Crippen LogP contribution in [0.5, 0.6) is 0 Å². The van der Waals surface area contributed by atoms with Gasteiger partial charge in [0.15, 0.2) is 6.10 Å². The summed E-state index contributed by atoms with van der Waals surface area (Å²) in [7, 11) is 1.18. The molecule has 0 aliphatic rings. The number of hydrogen-bond acceptors (Lipinski definition) is 8. The van der Waals surface area contributed by atoms with Gasteiger partial charge in [-0.2, -0.15) is 0 Å². The Bertz CT molecular complexity index is 1250. The third kappa shape index (κ3) is 53.6. The fraction of sp³-hybridized carbons (Fsp3) is 0.862. The van der Waals surface area contributed by atoms with Crippen molar-refractivity contribution in [2.45, 2.75) is 277 Å². The van der Waals surface area contributed by atoms with Gasteiger partial charge in [-0.25, -0.2) is 0 Å². The number of likely N-dealkylation sites (N-methyl/N-ethyl adjacent to an activating group) is 1. The van der Waals surface area contributed by atoms with Crippen LogP contribution in [0.4, 0.5) is 0 Å². The number of ether oxygens (including phenoxy) is 2. The van der Waals surface area contributed by atoms with E-state index in [1.54, 1.807) is 0 Å². The summed E-state index contributed by atoms with van der Waals surface area (Å²) in [5.41, 5.74) is 0. The highest BCUT2D eigenvalue weighted by Gasteiger charge is 2.22. The second-order valence-corrected chi connectivity index (χ2v) is 22.1. The number of carbonyl (C=O) groups excluding carboxylic acids is 2. The summed E-state index contributed by atoms with van der Waals surface area (Å²) in [6, 6.07) is 0. The Morgan fingerprint density at radius 3 is 1.18 bits per heavy atom. The van der Waals surface area contributed by atoms with Crippen molar-refractivity contribution in [1.82, 2.24) is 0 Å². The molecular formula is C58H110NO8P. The molecule has 2 atom stereocenters. The molecule has 0 fully saturated rings. The lowest BCUT2D eigenvalue weighted by Crippen LogP contribution is -2.37. The van der Waals surface area contributed by atoms with E-state index < -0.39 is 26.5 Å². The van der Waals surface area contributed by atoms with Gasteiger partial charge in [0, 0.05) is 12.8 Å². The van der Waals surface area contributed by atoms with Gasteiger partial charge in [0.05, 0.1) is 27.7 Å². The fourth-order valence-corrected chi connectivity index (χ4v) is 8.92. The zero-order valence-corrected chi connectivity index (χ0v) is 46.2. The normalized spacial score (nSPS) is 13.6. The maximum Gasteiger partial charge on any atom is 0.306 e. The van der Waals surface area contributed by atoms with Crippen LogP contribution in [0, 0.1) is 0 Å². The third-order valence-corrected chi connectivity index (χ3v) is 13.6. The minimum Gasteiger partial charge on any atom is -0.756 e. The number of allylic oxidation sites excluding steroid dienone is 6. The first-order valence-corrected chi connectivity index (χ1v) is 30.2. The van der Waals surface area contributed by atoms with Crippen LogP contribution < -0.4 is 4.89 Å². The van der Waals surface area contributed by atoms with Crippen LogP contribution >= 0.6 is 7.82 Å². The van der Waals surface area contributed by atoms with Crippen molar-refractivity contribution in [2.75, 3.05) is 47.5 Å². The van der Waals surface area contributed by atoms with E-state index in [9.17, 15) is 19.0 Å². The van der Waals surface area contributed by atoms with Gasteiger partial charge in [0.25, 0.3) is 7.82 Å². The molecule has 0 saturated carbocycles. The lowest BCUT2D eigenvalue weighted by molar-refractivity contribution is -0.870. The summed E-state index contributed by atoms with van der Waals surface area (Å²) in [5, 5.41) is 0. The molecule has 2 unspecified atom stereocenters. The van der Waals surface area contributed by atoms with Crippen molar-refractivity contribution in [3.8, 4) is 0 Å². The molecule has 400 valence electrons. The van der Waals surface area contributed by atoms with Crippen molar-refractivity contribution in [1.29, 1.82) is 0 Å². The number of unbranched alkanes of at least 4 members (excludes halogenated alkanes) is 33. The van der Waals surface area contributed by atoms with E-state index in [4.69, 9.17) is 18.5 Å². The summed E-state index contributed by atoms with van der Waals surface area (Å²) >= 11 is 0. The van der Waals surface area contributed by atoms with Crippen molar-refractivity contribution >= 4 is 19.8 Å². The topological polar surface area (TPSA) is 111 Å². The molecule has 0 aromatic rings. The molecule has 9 nitrogen and oxygen atoms in total. The van der Waals surface area contributed by atoms with Crippen LogP contribution in [0.15, 0.2) is 36.5 Å². The van der Waals surface area contributed by atoms with Crippen LogP contribution in [0.2, 0.25) is 0 Å². The summed E-state index contributed by atoms with van der Waals surface area (Å²) in [6.07, 6.45) is 60.5. The lowest BCUT2D eigenvalue weighted by Gasteiger charge is -2.28. The number of rotatable bonds is 53. The number of carbonyl (C=O) groups is 2. The SMILES string of the molecule is CCCCCCC/C=C\C/C=C\C/C=C\CCCCCCCCCCCCCCCCCCC(=O)OC(COC(=O)CCCCCCCCCCCCCCC)COP(=O)([O-])OCC[N+](C)(C)C. The second-order valence-electron chi connectivity index (χ2n) is 20.7. The number of quaternary nitrogens is 1. The van der Waals surface area contributed by atoms with Gasteiger partial charge in [-0.3, -0.25) is 14.2 Å². The quantitative estimate of drug-likeness (QED) is 0.0195. The highest BCUT2D eigenvalue weighted by molar-refractivity contribution is 7.45. The Morgan fingerprint density at radius 2 is 0.794 bits per heavy atom. The largest absolute Gasteiger partial charge is 0.756 e. The molecule has 0 aliphatic heterocycles. The number of phosphoric acid groups is 1. The van der Waals surface area contributed by atoms with Gasteiger partial charge in [0.2, 0.25) is 0 Å². The van der Waals surface area contributed by atoms with Crippen LogP contribution in [0.3, 0.4) is 0 Å². The molecule has 68 heavy (non-hydrogen) atoms. The molecule has 0 aromatic carbocycles. The Hall–Kier alpha value is -1.77. The monoisotopic (exact) mass is 980 g/mol. The Balaban J connectivity index is 4.04. The van der Waals surface area contributed by atoms with Gasteiger partial charge in [-0.15, -0.1) is 0 Å². The zero-order chi connectivity index (χ0) is 49.9. The van der Waals surface area contributed by atoms with E-state index in [1.165, 1.54) is 186 Å². The molecule has 0 spiro atoms. The highest BCUT2D eigenvalue weighted by Crippen LogP contribution is 2.38. The van der Waals surface area contributed by atoms with Crippen LogP contribution in [0.1, 0.15) is 271 Å². The molecular weight excluding hydrogens is 870 g/mol. The molecule has 0 rings (SSSR count).